The summed E-state index contributed by atoms with van der Waals surface area (Å²) in [5.74, 6) is 0. The maximum atomic E-state index is 4.37. The molecule has 3 heteroatoms. The maximum Gasteiger partial charge on any atom is 0.0543 e. The summed E-state index contributed by atoms with van der Waals surface area (Å²) in [6.07, 6.45) is 1.87. The monoisotopic (exact) mass is 231 g/mol. The third kappa shape index (κ3) is 3.95. The van der Waals surface area contributed by atoms with Crippen molar-refractivity contribution in [3.05, 3.63) is 42.2 Å². The second-order valence-corrected chi connectivity index (χ2v) is 4.83. The van der Waals surface area contributed by atoms with Crippen LogP contribution in [-0.2, 0) is 6.54 Å². The molecule has 0 aromatic carbocycles. The molecule has 2 heterocycles. The van der Waals surface area contributed by atoms with Crippen molar-refractivity contribution in [1.29, 1.82) is 0 Å². The van der Waals surface area contributed by atoms with Crippen LogP contribution in [-0.4, -0.2) is 47.5 Å². The van der Waals surface area contributed by atoms with E-state index in [1.54, 1.807) is 0 Å². The number of hydrogen-bond acceptors (Lipinski definition) is 3. The summed E-state index contributed by atoms with van der Waals surface area (Å²) < 4.78 is 0. The van der Waals surface area contributed by atoms with Crippen LogP contribution in [0.25, 0.3) is 0 Å². The van der Waals surface area contributed by atoms with Crippen LogP contribution in [0, 0.1) is 0 Å². The highest BCUT2D eigenvalue weighted by Gasteiger charge is 2.16. The molecule has 0 bridgehead atoms. The largest absolute Gasteiger partial charge is 0.297 e. The first-order valence-corrected chi connectivity index (χ1v) is 6.23. The Morgan fingerprint density at radius 1 is 1.24 bits per heavy atom. The quantitative estimate of drug-likeness (QED) is 0.736. The second-order valence-electron chi connectivity index (χ2n) is 4.83. The van der Waals surface area contributed by atoms with Gasteiger partial charge in [0.15, 0.2) is 0 Å². The second kappa shape index (κ2) is 5.94. The molecule has 1 aromatic rings. The molecule has 0 saturated carbocycles. The molecule has 0 atom stereocenters. The van der Waals surface area contributed by atoms with Crippen LogP contribution in [0.5, 0.6) is 0 Å². The summed E-state index contributed by atoms with van der Waals surface area (Å²) in [6, 6.07) is 6.12. The van der Waals surface area contributed by atoms with Gasteiger partial charge in [0.1, 0.15) is 0 Å². The van der Waals surface area contributed by atoms with Crippen molar-refractivity contribution < 1.29 is 0 Å². The summed E-state index contributed by atoms with van der Waals surface area (Å²) in [7, 11) is 0. The Bertz CT molecular complexity index is 353. The minimum atomic E-state index is 0.974. The van der Waals surface area contributed by atoms with Crippen molar-refractivity contribution in [1.82, 2.24) is 14.8 Å². The van der Waals surface area contributed by atoms with E-state index in [0.29, 0.717) is 0 Å². The van der Waals surface area contributed by atoms with Gasteiger partial charge < -0.3 is 0 Å². The predicted molar refractivity (Wildman–Crippen MR) is 70.8 cm³/mol. The van der Waals surface area contributed by atoms with E-state index in [2.05, 4.69) is 40.4 Å². The van der Waals surface area contributed by atoms with Gasteiger partial charge in [0.05, 0.1) is 5.69 Å². The molecule has 3 nitrogen and oxygen atoms in total. The summed E-state index contributed by atoms with van der Waals surface area (Å²) in [4.78, 5) is 9.31. The van der Waals surface area contributed by atoms with Crippen LogP contribution in [0.4, 0.5) is 0 Å². The van der Waals surface area contributed by atoms with Crippen molar-refractivity contribution in [2.45, 2.75) is 13.5 Å². The summed E-state index contributed by atoms with van der Waals surface area (Å²) in [5.41, 5.74) is 2.42. The van der Waals surface area contributed by atoms with Gasteiger partial charge in [-0.3, -0.25) is 14.8 Å². The average Bonchev–Trinajstić information content (AvgIpc) is 2.32. The molecule has 1 aliphatic heterocycles. The lowest BCUT2D eigenvalue weighted by Crippen LogP contribution is -2.46. The zero-order valence-electron chi connectivity index (χ0n) is 10.6. The molecule has 2 rings (SSSR count). The van der Waals surface area contributed by atoms with Crippen LogP contribution in [0.15, 0.2) is 36.5 Å². The molecule has 1 aromatic heterocycles. The van der Waals surface area contributed by atoms with Gasteiger partial charge in [0.2, 0.25) is 0 Å². The lowest BCUT2D eigenvalue weighted by Gasteiger charge is -2.34. The zero-order valence-corrected chi connectivity index (χ0v) is 10.6. The average molecular weight is 231 g/mol. The van der Waals surface area contributed by atoms with E-state index in [1.165, 1.54) is 11.3 Å². The van der Waals surface area contributed by atoms with Gasteiger partial charge in [-0.25, -0.2) is 0 Å². The summed E-state index contributed by atoms with van der Waals surface area (Å²) >= 11 is 0. The Hall–Kier alpha value is -1.19. The molecule has 0 amide bonds. The molecule has 0 spiro atoms. The lowest BCUT2D eigenvalue weighted by atomic mass is 10.2. The molecule has 0 radical (unpaired) electrons. The minimum Gasteiger partial charge on any atom is -0.297 e. The minimum absolute atomic E-state index is 0.974. The van der Waals surface area contributed by atoms with Gasteiger partial charge in [0, 0.05) is 45.5 Å². The van der Waals surface area contributed by atoms with Gasteiger partial charge in [-0.15, -0.1) is 0 Å². The smallest absolute Gasteiger partial charge is 0.0543 e. The number of hydrogen-bond donors (Lipinski definition) is 0. The lowest BCUT2D eigenvalue weighted by molar-refractivity contribution is 0.134. The first-order valence-electron chi connectivity index (χ1n) is 6.23. The van der Waals surface area contributed by atoms with Crippen LogP contribution in [0.2, 0.25) is 0 Å². The van der Waals surface area contributed by atoms with Crippen LogP contribution >= 0.6 is 0 Å². The normalized spacial score (nSPS) is 18.2. The van der Waals surface area contributed by atoms with E-state index in [1.807, 2.05) is 12.3 Å². The molecule has 1 aliphatic rings. The van der Waals surface area contributed by atoms with E-state index in [9.17, 15) is 0 Å². The third-order valence-corrected chi connectivity index (χ3v) is 3.07. The van der Waals surface area contributed by atoms with Gasteiger partial charge in [-0.2, -0.15) is 0 Å². The maximum absolute atomic E-state index is 4.37. The Balaban J connectivity index is 1.78. The zero-order chi connectivity index (χ0) is 12.1. The van der Waals surface area contributed by atoms with Gasteiger partial charge in [0.25, 0.3) is 0 Å². The fourth-order valence-corrected chi connectivity index (χ4v) is 2.21. The van der Waals surface area contributed by atoms with Gasteiger partial charge in [-0.05, 0) is 19.1 Å². The van der Waals surface area contributed by atoms with Gasteiger partial charge in [-0.1, -0.05) is 18.2 Å². The molecular weight excluding hydrogens is 210 g/mol. The SMILES string of the molecule is C=C(C)CN1CCN(Cc2ccccn2)CC1. The van der Waals surface area contributed by atoms with Crippen molar-refractivity contribution in [3.8, 4) is 0 Å². The summed E-state index contributed by atoms with van der Waals surface area (Å²) in [6.45, 7) is 12.6. The molecular formula is C14H21N3. The first kappa shape index (κ1) is 12.3. The fourth-order valence-electron chi connectivity index (χ4n) is 2.21. The number of piperazine rings is 1. The van der Waals surface area contributed by atoms with Crippen molar-refractivity contribution >= 4 is 0 Å². The Labute approximate surface area is 104 Å². The van der Waals surface area contributed by atoms with Crippen molar-refractivity contribution in [2.75, 3.05) is 32.7 Å². The molecule has 92 valence electrons. The number of rotatable bonds is 4. The highest BCUT2D eigenvalue weighted by molar-refractivity contribution is 5.03. The van der Waals surface area contributed by atoms with Crippen LogP contribution in [0.3, 0.4) is 0 Å². The first-order chi connectivity index (χ1) is 8.24. The van der Waals surface area contributed by atoms with Crippen LogP contribution in [0.1, 0.15) is 12.6 Å². The van der Waals surface area contributed by atoms with E-state index in [-0.39, 0.29) is 0 Å². The molecule has 1 fully saturated rings. The highest BCUT2D eigenvalue weighted by atomic mass is 15.3. The fraction of sp³-hybridized carbons (Fsp3) is 0.500. The molecule has 17 heavy (non-hydrogen) atoms. The predicted octanol–water partition coefficient (Wildman–Crippen LogP) is 1.78. The van der Waals surface area contributed by atoms with Crippen LogP contribution < -0.4 is 0 Å². The molecule has 0 aliphatic carbocycles. The third-order valence-electron chi connectivity index (χ3n) is 3.07. The standard InChI is InChI=1S/C14H21N3/c1-13(2)11-16-7-9-17(10-8-16)12-14-5-3-4-6-15-14/h3-6H,1,7-12H2,2H3. The van der Waals surface area contributed by atoms with Gasteiger partial charge >= 0.3 is 0 Å². The summed E-state index contributed by atoms with van der Waals surface area (Å²) in [5, 5.41) is 0. The Morgan fingerprint density at radius 3 is 2.53 bits per heavy atom. The topological polar surface area (TPSA) is 19.4 Å². The Morgan fingerprint density at radius 2 is 1.94 bits per heavy atom. The van der Waals surface area contributed by atoms with Crippen molar-refractivity contribution in [3.63, 3.8) is 0 Å². The van der Waals surface area contributed by atoms with E-state index < -0.39 is 0 Å². The molecule has 0 N–H and O–H groups in total. The van der Waals surface area contributed by atoms with E-state index >= 15 is 0 Å². The molecule has 0 unspecified atom stereocenters. The van der Waals surface area contributed by atoms with E-state index in [4.69, 9.17) is 0 Å². The molecule has 1 saturated heterocycles. The number of pyridine rings is 1. The Kier molecular flexibility index (Phi) is 4.29. The highest BCUT2D eigenvalue weighted by Crippen LogP contribution is 2.07. The van der Waals surface area contributed by atoms with E-state index in [0.717, 1.165) is 39.3 Å². The van der Waals surface area contributed by atoms with Crippen molar-refractivity contribution in [2.24, 2.45) is 0 Å². The number of aromatic nitrogens is 1. The number of nitrogens with zero attached hydrogens (tertiary/aromatic N) is 3.